The first-order valence-electron chi connectivity index (χ1n) is 8.30. The number of halogens is 1. The highest BCUT2D eigenvalue weighted by Crippen LogP contribution is 2.22. The van der Waals surface area contributed by atoms with E-state index in [9.17, 15) is 4.79 Å². The van der Waals surface area contributed by atoms with Gasteiger partial charge in [-0.3, -0.25) is 4.79 Å². The van der Waals surface area contributed by atoms with E-state index in [2.05, 4.69) is 20.2 Å². The fourth-order valence-electron chi connectivity index (χ4n) is 2.83. The lowest BCUT2D eigenvalue weighted by atomic mass is 10.2. The Bertz CT molecular complexity index is 727. The van der Waals surface area contributed by atoms with Crippen molar-refractivity contribution < 1.29 is 4.79 Å². The molecule has 6 heteroatoms. The van der Waals surface area contributed by atoms with E-state index in [0.29, 0.717) is 22.4 Å². The average Bonchev–Trinajstić information content (AvgIpc) is 2.85. The summed E-state index contributed by atoms with van der Waals surface area (Å²) in [4.78, 5) is 23.7. The van der Waals surface area contributed by atoms with Gasteiger partial charge in [0.15, 0.2) is 0 Å². The van der Waals surface area contributed by atoms with Crippen LogP contribution in [-0.4, -0.2) is 29.0 Å². The summed E-state index contributed by atoms with van der Waals surface area (Å²) in [6.07, 6.45) is 4.75. The summed E-state index contributed by atoms with van der Waals surface area (Å²) in [6, 6.07) is 8.86. The van der Waals surface area contributed by atoms with Gasteiger partial charge in [0.2, 0.25) is 5.95 Å². The van der Waals surface area contributed by atoms with Gasteiger partial charge in [-0.25, -0.2) is 9.97 Å². The molecule has 1 aromatic carbocycles. The number of nitrogens with one attached hydrogen (secondary N) is 1. The SMILES string of the molecule is Cc1cc(C(=O)Nc2ccccc2Cl)nc(N2CCCCCC2)n1. The van der Waals surface area contributed by atoms with E-state index in [4.69, 9.17) is 11.6 Å². The van der Waals surface area contributed by atoms with E-state index < -0.39 is 0 Å². The molecule has 1 aliphatic rings. The molecular formula is C18H21ClN4O. The summed E-state index contributed by atoms with van der Waals surface area (Å²) < 4.78 is 0. The van der Waals surface area contributed by atoms with Crippen molar-refractivity contribution >= 4 is 29.1 Å². The molecule has 1 amide bonds. The molecule has 5 nitrogen and oxygen atoms in total. The quantitative estimate of drug-likeness (QED) is 0.911. The van der Waals surface area contributed by atoms with E-state index in [1.807, 2.05) is 19.1 Å². The Morgan fingerprint density at radius 3 is 2.54 bits per heavy atom. The van der Waals surface area contributed by atoms with E-state index in [1.165, 1.54) is 12.8 Å². The second kappa shape index (κ2) is 7.62. The number of para-hydroxylation sites is 1. The van der Waals surface area contributed by atoms with Crippen molar-refractivity contribution in [2.45, 2.75) is 32.6 Å². The first-order valence-corrected chi connectivity index (χ1v) is 8.68. The molecule has 1 fully saturated rings. The summed E-state index contributed by atoms with van der Waals surface area (Å²) in [7, 11) is 0. The molecule has 2 aromatic rings. The van der Waals surface area contributed by atoms with Gasteiger partial charge >= 0.3 is 0 Å². The van der Waals surface area contributed by atoms with Gasteiger partial charge in [-0.2, -0.15) is 0 Å². The van der Waals surface area contributed by atoms with Gasteiger partial charge in [-0.15, -0.1) is 0 Å². The lowest BCUT2D eigenvalue weighted by molar-refractivity contribution is 0.102. The van der Waals surface area contributed by atoms with E-state index in [0.717, 1.165) is 31.6 Å². The van der Waals surface area contributed by atoms with Crippen LogP contribution in [0, 0.1) is 6.92 Å². The number of hydrogen-bond acceptors (Lipinski definition) is 4. The third-order valence-electron chi connectivity index (χ3n) is 4.09. The number of nitrogens with zero attached hydrogens (tertiary/aromatic N) is 3. The normalized spacial score (nSPS) is 15.0. The second-order valence-corrected chi connectivity index (χ2v) is 6.44. The van der Waals surface area contributed by atoms with Crippen LogP contribution in [0.3, 0.4) is 0 Å². The van der Waals surface area contributed by atoms with Gasteiger partial charge in [0.25, 0.3) is 5.91 Å². The van der Waals surface area contributed by atoms with Gasteiger partial charge < -0.3 is 10.2 Å². The molecule has 1 N–H and O–H groups in total. The number of benzene rings is 1. The molecule has 0 unspecified atom stereocenters. The summed E-state index contributed by atoms with van der Waals surface area (Å²) in [5.41, 5.74) is 1.73. The number of carbonyl (C=O) groups is 1. The summed E-state index contributed by atoms with van der Waals surface area (Å²) in [6.45, 7) is 3.76. The number of aromatic nitrogens is 2. The van der Waals surface area contributed by atoms with Crippen molar-refractivity contribution in [2.24, 2.45) is 0 Å². The summed E-state index contributed by atoms with van der Waals surface area (Å²) in [5.74, 6) is 0.367. The van der Waals surface area contributed by atoms with Crippen molar-refractivity contribution in [3.63, 3.8) is 0 Å². The number of rotatable bonds is 3. The molecule has 0 spiro atoms. The summed E-state index contributed by atoms with van der Waals surface area (Å²) in [5, 5.41) is 3.32. The Kier molecular flexibility index (Phi) is 5.30. The van der Waals surface area contributed by atoms with E-state index in [-0.39, 0.29) is 5.91 Å². The first kappa shape index (κ1) is 16.7. The summed E-state index contributed by atoms with van der Waals surface area (Å²) >= 11 is 6.10. The molecule has 1 saturated heterocycles. The van der Waals surface area contributed by atoms with Crippen LogP contribution in [0.4, 0.5) is 11.6 Å². The fraction of sp³-hybridized carbons (Fsp3) is 0.389. The Balaban J connectivity index is 1.82. The third kappa shape index (κ3) is 4.03. The van der Waals surface area contributed by atoms with Crippen LogP contribution in [0.1, 0.15) is 41.9 Å². The molecule has 24 heavy (non-hydrogen) atoms. The smallest absolute Gasteiger partial charge is 0.274 e. The zero-order chi connectivity index (χ0) is 16.9. The van der Waals surface area contributed by atoms with Crippen LogP contribution >= 0.6 is 11.6 Å². The molecule has 0 saturated carbocycles. The number of anilines is 2. The molecule has 126 valence electrons. The van der Waals surface area contributed by atoms with Gasteiger partial charge in [0.1, 0.15) is 5.69 Å². The maximum absolute atomic E-state index is 12.5. The highest BCUT2D eigenvalue weighted by Gasteiger charge is 2.17. The molecule has 0 aliphatic carbocycles. The van der Waals surface area contributed by atoms with Gasteiger partial charge in [-0.05, 0) is 38.0 Å². The standard InChI is InChI=1S/C18H21ClN4O/c1-13-12-16(17(24)21-15-9-5-4-8-14(15)19)22-18(20-13)23-10-6-2-3-7-11-23/h4-5,8-9,12H,2-3,6-7,10-11H2,1H3,(H,21,24). The van der Waals surface area contributed by atoms with Crippen molar-refractivity contribution in [3.8, 4) is 0 Å². The predicted molar refractivity (Wildman–Crippen MR) is 96.9 cm³/mol. The number of aryl methyl sites for hydroxylation is 1. The van der Waals surface area contributed by atoms with Crippen molar-refractivity contribution in [1.29, 1.82) is 0 Å². The Morgan fingerprint density at radius 1 is 1.12 bits per heavy atom. The van der Waals surface area contributed by atoms with Gasteiger partial charge in [-0.1, -0.05) is 36.6 Å². The average molecular weight is 345 g/mol. The third-order valence-corrected chi connectivity index (χ3v) is 4.42. The fourth-order valence-corrected chi connectivity index (χ4v) is 3.01. The highest BCUT2D eigenvalue weighted by molar-refractivity contribution is 6.33. The van der Waals surface area contributed by atoms with Gasteiger partial charge in [0, 0.05) is 18.8 Å². The minimum Gasteiger partial charge on any atom is -0.341 e. The molecule has 0 atom stereocenters. The van der Waals surface area contributed by atoms with E-state index in [1.54, 1.807) is 18.2 Å². The highest BCUT2D eigenvalue weighted by atomic mass is 35.5. The molecule has 1 aromatic heterocycles. The van der Waals surface area contributed by atoms with Crippen molar-refractivity contribution in [3.05, 3.63) is 46.7 Å². The second-order valence-electron chi connectivity index (χ2n) is 6.03. The van der Waals surface area contributed by atoms with Crippen LogP contribution < -0.4 is 10.2 Å². The largest absolute Gasteiger partial charge is 0.341 e. The molecule has 3 rings (SSSR count). The van der Waals surface area contributed by atoms with E-state index >= 15 is 0 Å². The Hall–Kier alpha value is -2.14. The molecule has 2 heterocycles. The number of carbonyl (C=O) groups excluding carboxylic acids is 1. The molecular weight excluding hydrogens is 324 g/mol. The Morgan fingerprint density at radius 2 is 1.83 bits per heavy atom. The van der Waals surface area contributed by atoms with Crippen LogP contribution in [0.5, 0.6) is 0 Å². The minimum absolute atomic E-state index is 0.273. The van der Waals surface area contributed by atoms with Crippen LogP contribution in [0.25, 0.3) is 0 Å². The first-order chi connectivity index (χ1) is 11.6. The van der Waals surface area contributed by atoms with Crippen LogP contribution in [0.15, 0.2) is 30.3 Å². The molecule has 0 bridgehead atoms. The van der Waals surface area contributed by atoms with Crippen LogP contribution in [-0.2, 0) is 0 Å². The Labute approximate surface area is 147 Å². The lowest BCUT2D eigenvalue weighted by Gasteiger charge is -2.21. The molecule has 1 aliphatic heterocycles. The van der Waals surface area contributed by atoms with Crippen molar-refractivity contribution in [2.75, 3.05) is 23.3 Å². The predicted octanol–water partition coefficient (Wildman–Crippen LogP) is 4.07. The van der Waals surface area contributed by atoms with Crippen molar-refractivity contribution in [1.82, 2.24) is 9.97 Å². The minimum atomic E-state index is -0.273. The lowest BCUT2D eigenvalue weighted by Crippen LogP contribution is -2.27. The van der Waals surface area contributed by atoms with Crippen LogP contribution in [0.2, 0.25) is 5.02 Å². The maximum atomic E-state index is 12.5. The van der Waals surface area contributed by atoms with Gasteiger partial charge in [0.05, 0.1) is 10.7 Å². The molecule has 0 radical (unpaired) electrons. The zero-order valence-electron chi connectivity index (χ0n) is 13.8. The zero-order valence-corrected chi connectivity index (χ0v) is 14.5. The topological polar surface area (TPSA) is 58.1 Å². The number of amides is 1. The monoisotopic (exact) mass is 344 g/mol. The number of hydrogen-bond donors (Lipinski definition) is 1. The maximum Gasteiger partial charge on any atom is 0.274 e.